The van der Waals surface area contributed by atoms with Gasteiger partial charge in [-0.15, -0.1) is 11.3 Å². The first-order valence-electron chi connectivity index (χ1n) is 5.47. The summed E-state index contributed by atoms with van der Waals surface area (Å²) in [7, 11) is 0. The number of hydrogen-bond acceptors (Lipinski definition) is 7. The number of anilines is 1. The van der Waals surface area contributed by atoms with Gasteiger partial charge in [0.1, 0.15) is 5.69 Å². The molecule has 0 aliphatic carbocycles. The number of aromatic nitrogens is 1. The van der Waals surface area contributed by atoms with E-state index in [4.69, 9.17) is 27.5 Å². The topological polar surface area (TPSA) is 90.0 Å². The first kappa shape index (κ1) is 13.2. The van der Waals surface area contributed by atoms with Crippen molar-refractivity contribution >= 4 is 39.4 Å². The zero-order valence-electron chi connectivity index (χ0n) is 9.54. The van der Waals surface area contributed by atoms with Gasteiger partial charge in [-0.1, -0.05) is 5.16 Å². The first-order valence-corrected chi connectivity index (χ1v) is 6.75. The summed E-state index contributed by atoms with van der Waals surface area (Å²) in [5, 5.41) is 14.9. The Kier molecular flexibility index (Phi) is 4.45. The highest BCUT2D eigenvalue weighted by molar-refractivity contribution is 7.81. The molecule has 3 N–H and O–H groups in total. The molecule has 1 unspecified atom stereocenters. The standard InChI is InChI=1S/C10H13N3O3S2/c11-10-12-6(5-18-10)8(9(14)17)13-16-7-3-1-2-4-15-7/h5,7H,1-4H2,(H2,11,12)(H,14,17)/b13-8-. The quantitative estimate of drug-likeness (QED) is 0.499. The fourth-order valence-electron chi connectivity index (χ4n) is 1.50. The van der Waals surface area contributed by atoms with Crippen LogP contribution in [-0.2, 0) is 9.57 Å². The molecule has 2 heterocycles. The number of aliphatic hydroxyl groups excluding tert-OH is 1. The first-order chi connectivity index (χ1) is 8.66. The maximum atomic E-state index is 9.41. The lowest BCUT2D eigenvalue weighted by Crippen LogP contribution is -2.22. The van der Waals surface area contributed by atoms with E-state index in [1.54, 1.807) is 5.38 Å². The van der Waals surface area contributed by atoms with Crippen molar-refractivity contribution in [2.45, 2.75) is 25.6 Å². The van der Waals surface area contributed by atoms with Crippen molar-refractivity contribution in [3.8, 4) is 0 Å². The molecule has 8 heteroatoms. The number of aliphatic hydroxyl groups is 1. The number of oxime groups is 1. The Labute approximate surface area is 113 Å². The molecule has 1 aliphatic rings. The maximum Gasteiger partial charge on any atom is 0.226 e. The van der Waals surface area contributed by atoms with Crippen molar-refractivity contribution in [2.24, 2.45) is 5.16 Å². The second-order valence-corrected chi connectivity index (χ2v) is 4.99. The third-order valence-corrected chi connectivity index (χ3v) is 3.23. The fourth-order valence-corrected chi connectivity index (χ4v) is 2.19. The summed E-state index contributed by atoms with van der Waals surface area (Å²) in [5.41, 5.74) is 6.02. The third-order valence-electron chi connectivity index (χ3n) is 2.37. The smallest absolute Gasteiger partial charge is 0.226 e. The van der Waals surface area contributed by atoms with E-state index in [0.717, 1.165) is 19.3 Å². The highest BCUT2D eigenvalue weighted by atomic mass is 32.1. The van der Waals surface area contributed by atoms with E-state index < -0.39 is 0 Å². The van der Waals surface area contributed by atoms with Gasteiger partial charge in [0.05, 0.1) is 6.61 Å². The van der Waals surface area contributed by atoms with Crippen molar-refractivity contribution in [1.29, 1.82) is 0 Å². The van der Waals surface area contributed by atoms with Crippen molar-refractivity contribution in [1.82, 2.24) is 4.98 Å². The zero-order chi connectivity index (χ0) is 13.0. The molecule has 1 fully saturated rings. The number of hydrogen-bond donors (Lipinski definition) is 2. The van der Waals surface area contributed by atoms with Gasteiger partial charge in [-0.25, -0.2) is 4.98 Å². The van der Waals surface area contributed by atoms with Gasteiger partial charge in [-0.2, -0.15) is 0 Å². The van der Waals surface area contributed by atoms with Gasteiger partial charge < -0.3 is 20.4 Å². The van der Waals surface area contributed by atoms with Crippen LogP contribution in [0.15, 0.2) is 10.5 Å². The van der Waals surface area contributed by atoms with Crippen LogP contribution < -0.4 is 5.73 Å². The van der Waals surface area contributed by atoms with Crippen LogP contribution in [-0.4, -0.2) is 33.7 Å². The monoisotopic (exact) mass is 287 g/mol. The number of thiazole rings is 1. The highest BCUT2D eigenvalue weighted by Gasteiger charge is 2.18. The lowest BCUT2D eigenvalue weighted by atomic mass is 10.2. The summed E-state index contributed by atoms with van der Waals surface area (Å²) in [5.74, 6) is 0. The second-order valence-electron chi connectivity index (χ2n) is 3.72. The van der Waals surface area contributed by atoms with E-state index in [9.17, 15) is 5.11 Å². The molecule has 1 aromatic heterocycles. The Morgan fingerprint density at radius 2 is 2.50 bits per heavy atom. The van der Waals surface area contributed by atoms with E-state index in [1.807, 2.05) is 0 Å². The predicted octanol–water partition coefficient (Wildman–Crippen LogP) is 1.86. The molecule has 0 bridgehead atoms. The Hall–Kier alpha value is -1.25. The summed E-state index contributed by atoms with van der Waals surface area (Å²) in [4.78, 5) is 9.21. The van der Waals surface area contributed by atoms with Crippen molar-refractivity contribution in [3.05, 3.63) is 11.1 Å². The minimum atomic E-state index is -0.390. The Morgan fingerprint density at radius 1 is 1.67 bits per heavy atom. The van der Waals surface area contributed by atoms with Crippen molar-refractivity contribution in [3.63, 3.8) is 0 Å². The van der Waals surface area contributed by atoms with E-state index in [1.165, 1.54) is 11.3 Å². The van der Waals surface area contributed by atoms with Crippen LogP contribution in [0, 0.1) is 0 Å². The molecule has 0 saturated carbocycles. The molecule has 0 amide bonds. The van der Waals surface area contributed by atoms with Gasteiger partial charge >= 0.3 is 0 Å². The molecule has 0 spiro atoms. The van der Waals surface area contributed by atoms with Gasteiger partial charge in [0, 0.05) is 11.8 Å². The molecular weight excluding hydrogens is 274 g/mol. The van der Waals surface area contributed by atoms with Crippen LogP contribution in [0.25, 0.3) is 0 Å². The number of nitrogens with zero attached hydrogens (tertiary/aromatic N) is 2. The van der Waals surface area contributed by atoms with Gasteiger partial charge in [0.15, 0.2) is 10.8 Å². The van der Waals surface area contributed by atoms with Gasteiger partial charge in [-0.3, -0.25) is 0 Å². The Morgan fingerprint density at radius 3 is 3.06 bits per heavy atom. The lowest BCUT2D eigenvalue weighted by molar-refractivity contribution is -0.162. The van der Waals surface area contributed by atoms with Crippen LogP contribution in [0.3, 0.4) is 0 Å². The minimum absolute atomic E-state index is 0.104. The van der Waals surface area contributed by atoms with Crippen molar-refractivity contribution in [2.75, 3.05) is 12.3 Å². The second kappa shape index (κ2) is 6.07. The van der Waals surface area contributed by atoms with E-state index in [0.29, 0.717) is 17.4 Å². The number of rotatable bonds is 4. The molecule has 0 radical (unpaired) electrons. The molecule has 2 rings (SSSR count). The summed E-state index contributed by atoms with van der Waals surface area (Å²) < 4.78 is 5.35. The molecular formula is C10H13N3O3S2. The minimum Gasteiger partial charge on any atom is -0.497 e. The number of nitrogens with two attached hydrogens (primary N) is 1. The van der Waals surface area contributed by atoms with Crippen LogP contribution in [0.2, 0.25) is 0 Å². The molecule has 98 valence electrons. The number of nitrogen functional groups attached to an aromatic ring is 1. The summed E-state index contributed by atoms with van der Waals surface area (Å²) >= 11 is 5.94. The van der Waals surface area contributed by atoms with Crippen molar-refractivity contribution < 1.29 is 14.7 Å². The van der Waals surface area contributed by atoms with Crippen LogP contribution in [0.4, 0.5) is 5.13 Å². The average Bonchev–Trinajstić information content (AvgIpc) is 2.77. The summed E-state index contributed by atoms with van der Waals surface area (Å²) in [6.07, 6.45) is 2.44. The van der Waals surface area contributed by atoms with E-state index in [-0.39, 0.29) is 17.1 Å². The molecule has 18 heavy (non-hydrogen) atoms. The van der Waals surface area contributed by atoms with Gasteiger partial charge in [-0.05, 0) is 25.1 Å². The summed E-state index contributed by atoms with van der Waals surface area (Å²) in [6, 6.07) is 0. The third kappa shape index (κ3) is 3.37. The molecule has 1 saturated heterocycles. The van der Waals surface area contributed by atoms with Crippen LogP contribution in [0.5, 0.6) is 0 Å². The molecule has 1 aliphatic heterocycles. The van der Waals surface area contributed by atoms with E-state index in [2.05, 4.69) is 10.1 Å². The zero-order valence-corrected chi connectivity index (χ0v) is 11.2. The SMILES string of the molecule is Nc1nc(/C(=N/OC2CCCCO2)C(O)=S)cs1. The normalized spacial score (nSPS) is 20.7. The molecule has 0 aromatic carbocycles. The van der Waals surface area contributed by atoms with Crippen LogP contribution >= 0.6 is 23.6 Å². The Bertz CT molecular complexity index is 455. The maximum absolute atomic E-state index is 9.41. The molecule has 1 aromatic rings. The van der Waals surface area contributed by atoms with Crippen LogP contribution in [0.1, 0.15) is 25.0 Å². The average molecular weight is 287 g/mol. The Balaban J connectivity index is 2.07. The highest BCUT2D eigenvalue weighted by Crippen LogP contribution is 2.16. The van der Waals surface area contributed by atoms with Gasteiger partial charge in [0.2, 0.25) is 11.3 Å². The number of thiocarbonyl (C=S) groups is 1. The van der Waals surface area contributed by atoms with E-state index >= 15 is 0 Å². The fraction of sp³-hybridized carbons (Fsp3) is 0.500. The lowest BCUT2D eigenvalue weighted by Gasteiger charge is -2.20. The largest absolute Gasteiger partial charge is 0.497 e. The predicted molar refractivity (Wildman–Crippen MR) is 73.0 cm³/mol. The molecule has 1 atom stereocenters. The molecule has 6 nitrogen and oxygen atoms in total. The summed E-state index contributed by atoms with van der Waals surface area (Å²) in [6.45, 7) is 0.655. The number of ether oxygens (including phenoxy) is 1. The van der Waals surface area contributed by atoms with Gasteiger partial charge in [0.25, 0.3) is 0 Å².